The van der Waals surface area contributed by atoms with Gasteiger partial charge in [0.05, 0.1) is 31.4 Å². The maximum absolute atomic E-state index is 12.6. The molecule has 31 heavy (non-hydrogen) atoms. The number of methoxy groups -OCH3 is 2. The molecule has 1 atom stereocenters. The van der Waals surface area contributed by atoms with Gasteiger partial charge in [-0.15, -0.1) is 5.10 Å². The lowest BCUT2D eigenvalue weighted by Gasteiger charge is -2.37. The van der Waals surface area contributed by atoms with Crippen LogP contribution in [0.1, 0.15) is 24.2 Å². The van der Waals surface area contributed by atoms with Crippen molar-refractivity contribution in [1.29, 1.82) is 0 Å². The summed E-state index contributed by atoms with van der Waals surface area (Å²) in [5.41, 5.74) is 2.55. The van der Waals surface area contributed by atoms with Gasteiger partial charge in [-0.3, -0.25) is 10.1 Å². The Kier molecular flexibility index (Phi) is 5.37. The first-order valence-electron chi connectivity index (χ1n) is 9.79. The number of nitro groups is 1. The Balaban J connectivity index is 1.82. The highest BCUT2D eigenvalue weighted by Gasteiger charge is 2.43. The molecule has 162 valence electrons. The number of fused-ring (bicyclic) bond motifs is 3. The molecular formula is C21H22N4O6. The van der Waals surface area contributed by atoms with E-state index in [-0.39, 0.29) is 18.1 Å². The number of rotatable bonds is 6. The first-order valence-corrected chi connectivity index (χ1v) is 9.79. The van der Waals surface area contributed by atoms with E-state index >= 15 is 0 Å². The van der Waals surface area contributed by atoms with Crippen molar-refractivity contribution in [1.82, 2.24) is 4.90 Å². The number of non-ortho nitro benzene ring substituents is 1. The van der Waals surface area contributed by atoms with E-state index in [1.165, 1.54) is 12.1 Å². The minimum Gasteiger partial charge on any atom is -0.493 e. The maximum Gasteiger partial charge on any atom is 0.376 e. The van der Waals surface area contributed by atoms with Gasteiger partial charge >= 0.3 is 5.97 Å². The normalized spacial score (nSPS) is 16.9. The van der Waals surface area contributed by atoms with E-state index in [1.807, 2.05) is 17.0 Å². The molecule has 10 heteroatoms. The summed E-state index contributed by atoms with van der Waals surface area (Å²) in [4.78, 5) is 25.1. The van der Waals surface area contributed by atoms with Crippen molar-refractivity contribution in [3.63, 3.8) is 0 Å². The summed E-state index contributed by atoms with van der Waals surface area (Å²) in [5.74, 6) is 0.879. The molecule has 0 N–H and O–H groups in total. The van der Waals surface area contributed by atoms with Crippen LogP contribution in [0.15, 0.2) is 41.5 Å². The van der Waals surface area contributed by atoms with Gasteiger partial charge in [-0.25, -0.2) is 9.80 Å². The molecule has 2 heterocycles. The summed E-state index contributed by atoms with van der Waals surface area (Å²) in [6, 6.07) is 9.87. The first kappa shape index (κ1) is 20.5. The third-order valence-electron chi connectivity index (χ3n) is 5.33. The van der Waals surface area contributed by atoms with Crippen molar-refractivity contribution in [2.45, 2.75) is 19.5 Å². The number of ether oxygens (including phenoxy) is 3. The maximum atomic E-state index is 12.6. The van der Waals surface area contributed by atoms with Gasteiger partial charge in [-0.2, -0.15) is 0 Å². The summed E-state index contributed by atoms with van der Waals surface area (Å²) >= 11 is 0. The second kappa shape index (κ2) is 8.13. The van der Waals surface area contributed by atoms with E-state index in [0.717, 1.165) is 11.1 Å². The summed E-state index contributed by atoms with van der Waals surface area (Å²) in [6.07, 6.45) is 0.253. The fourth-order valence-corrected chi connectivity index (χ4v) is 3.90. The number of carbonyl (C=O) groups is 1. The van der Waals surface area contributed by atoms with Crippen LogP contribution in [0, 0.1) is 10.1 Å². The van der Waals surface area contributed by atoms with Crippen LogP contribution < -0.4 is 14.5 Å². The number of hydrogen-bond donors (Lipinski definition) is 0. The predicted molar refractivity (Wildman–Crippen MR) is 112 cm³/mol. The average Bonchev–Trinajstić information content (AvgIpc) is 3.18. The third kappa shape index (κ3) is 3.49. The zero-order valence-electron chi connectivity index (χ0n) is 17.4. The standard InChI is InChI=1S/C21H22N4O6/c1-4-31-21(26)19-22-24(14-5-7-15(8-6-14)25(27)28)20-16-12-18(30-3)17(29-2)11-13(16)9-10-23(19)20/h5-8,11-12,20H,4,9-10H2,1-3H3. The summed E-state index contributed by atoms with van der Waals surface area (Å²) in [7, 11) is 3.15. The minimum absolute atomic E-state index is 0.0233. The van der Waals surface area contributed by atoms with Crippen LogP contribution in [0.25, 0.3) is 0 Å². The summed E-state index contributed by atoms with van der Waals surface area (Å²) in [6.45, 7) is 2.52. The molecule has 0 spiro atoms. The van der Waals surface area contributed by atoms with E-state index in [4.69, 9.17) is 14.2 Å². The van der Waals surface area contributed by atoms with Gasteiger partial charge in [-0.05, 0) is 43.2 Å². The Bertz CT molecular complexity index is 1050. The molecular weight excluding hydrogens is 404 g/mol. The topological polar surface area (TPSA) is 107 Å². The molecule has 2 aromatic rings. The molecule has 1 unspecified atom stereocenters. The molecule has 2 aromatic carbocycles. The SMILES string of the molecule is CCOC(=O)C1=NN(c2ccc([N+](=O)[O-])cc2)C2c3cc(OC)c(OC)cc3CCN12. The number of amidine groups is 1. The number of carbonyl (C=O) groups excluding carboxylic acids is 1. The van der Waals surface area contributed by atoms with E-state index in [1.54, 1.807) is 38.3 Å². The molecule has 0 aromatic heterocycles. The van der Waals surface area contributed by atoms with Crippen LogP contribution in [0.4, 0.5) is 11.4 Å². The Hall–Kier alpha value is -3.82. The fourth-order valence-electron chi connectivity index (χ4n) is 3.90. The largest absolute Gasteiger partial charge is 0.493 e. The van der Waals surface area contributed by atoms with E-state index in [2.05, 4.69) is 5.10 Å². The lowest BCUT2D eigenvalue weighted by Crippen LogP contribution is -2.43. The van der Waals surface area contributed by atoms with Gasteiger partial charge in [0.2, 0.25) is 5.84 Å². The third-order valence-corrected chi connectivity index (χ3v) is 5.33. The Morgan fingerprint density at radius 2 is 1.87 bits per heavy atom. The average molecular weight is 426 g/mol. The monoisotopic (exact) mass is 426 g/mol. The number of anilines is 1. The van der Waals surface area contributed by atoms with Crippen molar-refractivity contribution < 1.29 is 23.9 Å². The van der Waals surface area contributed by atoms with Crippen LogP contribution in [0.5, 0.6) is 11.5 Å². The molecule has 0 saturated heterocycles. The van der Waals surface area contributed by atoms with Crippen LogP contribution in [0.3, 0.4) is 0 Å². The number of nitro benzene ring substituents is 1. The smallest absolute Gasteiger partial charge is 0.376 e. The highest BCUT2D eigenvalue weighted by Crippen LogP contribution is 2.44. The molecule has 0 fully saturated rings. The predicted octanol–water partition coefficient (Wildman–Crippen LogP) is 2.87. The molecule has 4 rings (SSSR count). The Morgan fingerprint density at radius 3 is 2.48 bits per heavy atom. The Labute approximate surface area is 178 Å². The number of hydrazone groups is 1. The van der Waals surface area contributed by atoms with Gasteiger partial charge < -0.3 is 19.1 Å². The number of hydrogen-bond acceptors (Lipinski definition) is 9. The Morgan fingerprint density at radius 1 is 1.19 bits per heavy atom. The van der Waals surface area contributed by atoms with Gasteiger partial charge in [0.25, 0.3) is 5.69 Å². The molecule has 0 aliphatic carbocycles. The summed E-state index contributed by atoms with van der Waals surface area (Å²) < 4.78 is 16.1. The van der Waals surface area contributed by atoms with Crippen molar-refractivity contribution in [3.8, 4) is 11.5 Å². The molecule has 2 aliphatic heterocycles. The van der Waals surface area contributed by atoms with Crippen LogP contribution in [-0.2, 0) is 16.0 Å². The van der Waals surface area contributed by atoms with Crippen molar-refractivity contribution in [2.75, 3.05) is 32.4 Å². The second-order valence-corrected chi connectivity index (χ2v) is 6.99. The van der Waals surface area contributed by atoms with Crippen LogP contribution in [0.2, 0.25) is 0 Å². The highest BCUT2D eigenvalue weighted by molar-refractivity contribution is 6.36. The zero-order chi connectivity index (χ0) is 22.1. The highest BCUT2D eigenvalue weighted by atomic mass is 16.6. The van der Waals surface area contributed by atoms with Crippen LogP contribution >= 0.6 is 0 Å². The molecule has 10 nitrogen and oxygen atoms in total. The summed E-state index contributed by atoms with van der Waals surface area (Å²) in [5, 5.41) is 17.3. The van der Waals surface area contributed by atoms with Crippen molar-refractivity contribution >= 4 is 23.2 Å². The molecule has 0 saturated carbocycles. The number of esters is 1. The lowest BCUT2D eigenvalue weighted by molar-refractivity contribution is -0.384. The minimum atomic E-state index is -0.513. The molecule has 0 amide bonds. The van der Waals surface area contributed by atoms with Gasteiger partial charge in [0, 0.05) is 24.2 Å². The number of benzene rings is 2. The van der Waals surface area contributed by atoms with Crippen molar-refractivity contribution in [3.05, 3.63) is 57.6 Å². The van der Waals surface area contributed by atoms with Gasteiger partial charge in [-0.1, -0.05) is 0 Å². The molecule has 0 bridgehead atoms. The molecule has 0 radical (unpaired) electrons. The quantitative estimate of drug-likeness (QED) is 0.394. The molecule has 2 aliphatic rings. The zero-order valence-corrected chi connectivity index (χ0v) is 17.4. The van der Waals surface area contributed by atoms with Gasteiger partial charge in [0.1, 0.15) is 0 Å². The van der Waals surface area contributed by atoms with E-state index in [9.17, 15) is 14.9 Å². The fraction of sp³-hybridized carbons (Fsp3) is 0.333. The first-order chi connectivity index (χ1) is 15.0. The lowest BCUT2D eigenvalue weighted by atomic mass is 9.95. The van der Waals surface area contributed by atoms with E-state index in [0.29, 0.717) is 30.2 Å². The number of nitrogens with zero attached hydrogens (tertiary/aromatic N) is 4. The van der Waals surface area contributed by atoms with Crippen LogP contribution in [-0.4, -0.2) is 49.0 Å². The van der Waals surface area contributed by atoms with Crippen molar-refractivity contribution in [2.24, 2.45) is 5.10 Å². The van der Waals surface area contributed by atoms with Gasteiger partial charge in [0.15, 0.2) is 17.7 Å². The van der Waals surface area contributed by atoms with E-state index < -0.39 is 17.1 Å². The second-order valence-electron chi connectivity index (χ2n) is 6.99.